The van der Waals surface area contributed by atoms with E-state index in [0.717, 1.165) is 17.3 Å². The number of amides is 1. The lowest BCUT2D eigenvalue weighted by Gasteiger charge is -2.45. The van der Waals surface area contributed by atoms with Gasteiger partial charge >= 0.3 is 6.09 Å². The molecule has 0 bridgehead atoms. The Morgan fingerprint density at radius 2 is 1.86 bits per heavy atom. The molecule has 4 heteroatoms. The number of hydrogen-bond donors (Lipinski definition) is 0. The van der Waals surface area contributed by atoms with Crippen LogP contribution in [0.3, 0.4) is 0 Å². The molecule has 0 N–H and O–H groups in total. The zero-order chi connectivity index (χ0) is 15.7. The minimum absolute atomic E-state index is 0.0896. The Kier molecular flexibility index (Phi) is 4.66. The van der Waals surface area contributed by atoms with Crippen molar-refractivity contribution in [2.75, 3.05) is 13.6 Å². The van der Waals surface area contributed by atoms with Crippen molar-refractivity contribution in [1.82, 2.24) is 4.90 Å². The summed E-state index contributed by atoms with van der Waals surface area (Å²) in [4.78, 5) is 13.9. The molecule has 0 spiro atoms. The lowest BCUT2D eigenvalue weighted by molar-refractivity contribution is 0.0218. The predicted octanol–water partition coefficient (Wildman–Crippen LogP) is 4.74. The second kappa shape index (κ2) is 5.99. The van der Waals surface area contributed by atoms with Gasteiger partial charge in [0.05, 0.1) is 0 Å². The highest BCUT2D eigenvalue weighted by molar-refractivity contribution is 9.10. The number of carbonyl (C=O) groups is 1. The van der Waals surface area contributed by atoms with E-state index in [4.69, 9.17) is 4.74 Å². The van der Waals surface area contributed by atoms with E-state index in [1.54, 1.807) is 4.90 Å². The molecular weight excluding hydrogens is 330 g/mol. The van der Waals surface area contributed by atoms with Crippen LogP contribution in [0, 0.1) is 0 Å². The van der Waals surface area contributed by atoms with E-state index in [1.807, 2.05) is 27.8 Å². The summed E-state index contributed by atoms with van der Waals surface area (Å²) in [5.41, 5.74) is 0.953. The molecule has 0 heterocycles. The normalized spacial score (nSPS) is 17.0. The van der Waals surface area contributed by atoms with E-state index >= 15 is 0 Å². The molecule has 0 aromatic heterocycles. The monoisotopic (exact) mass is 353 g/mol. The van der Waals surface area contributed by atoms with Crippen LogP contribution in [0.1, 0.15) is 45.6 Å². The lowest BCUT2D eigenvalue weighted by Crippen LogP contribution is -2.47. The third-order valence-corrected chi connectivity index (χ3v) is 4.54. The highest BCUT2D eigenvalue weighted by Gasteiger charge is 2.40. The molecule has 1 aliphatic carbocycles. The molecule has 0 aliphatic heterocycles. The Morgan fingerprint density at radius 1 is 1.29 bits per heavy atom. The van der Waals surface area contributed by atoms with Crippen LogP contribution >= 0.6 is 15.9 Å². The fraction of sp³-hybridized carbons (Fsp3) is 0.588. The summed E-state index contributed by atoms with van der Waals surface area (Å²) in [5, 5.41) is 0. The van der Waals surface area contributed by atoms with Crippen molar-refractivity contribution < 1.29 is 9.53 Å². The lowest BCUT2D eigenvalue weighted by atomic mass is 9.64. The van der Waals surface area contributed by atoms with Crippen LogP contribution in [0.2, 0.25) is 0 Å². The van der Waals surface area contributed by atoms with Crippen molar-refractivity contribution in [2.45, 2.75) is 51.0 Å². The number of rotatable bonds is 3. The van der Waals surface area contributed by atoms with E-state index in [2.05, 4.69) is 40.2 Å². The van der Waals surface area contributed by atoms with Crippen LogP contribution in [0.15, 0.2) is 28.7 Å². The van der Waals surface area contributed by atoms with Crippen LogP contribution in [0.5, 0.6) is 0 Å². The Hall–Kier alpha value is -1.03. The summed E-state index contributed by atoms with van der Waals surface area (Å²) in [5.74, 6) is 0. The summed E-state index contributed by atoms with van der Waals surface area (Å²) in [6, 6.07) is 8.46. The predicted molar refractivity (Wildman–Crippen MR) is 88.5 cm³/mol. The van der Waals surface area contributed by atoms with Crippen molar-refractivity contribution in [1.29, 1.82) is 0 Å². The summed E-state index contributed by atoms with van der Waals surface area (Å²) in [6.45, 7) is 6.40. The van der Waals surface area contributed by atoms with Gasteiger partial charge in [0, 0.05) is 23.5 Å². The van der Waals surface area contributed by atoms with Crippen molar-refractivity contribution >= 4 is 22.0 Å². The first-order valence-electron chi connectivity index (χ1n) is 7.42. The zero-order valence-electron chi connectivity index (χ0n) is 13.3. The number of carbonyl (C=O) groups excluding carboxylic acids is 1. The third-order valence-electron chi connectivity index (χ3n) is 4.01. The van der Waals surface area contributed by atoms with Gasteiger partial charge in [0.25, 0.3) is 0 Å². The van der Waals surface area contributed by atoms with Crippen LogP contribution in [0.4, 0.5) is 4.79 Å². The van der Waals surface area contributed by atoms with Crippen LogP contribution < -0.4 is 0 Å². The first kappa shape index (κ1) is 16.3. The van der Waals surface area contributed by atoms with Crippen molar-refractivity contribution in [3.05, 3.63) is 34.3 Å². The summed E-state index contributed by atoms with van der Waals surface area (Å²) < 4.78 is 6.53. The molecule has 21 heavy (non-hydrogen) atoms. The highest BCUT2D eigenvalue weighted by atomic mass is 79.9. The van der Waals surface area contributed by atoms with Gasteiger partial charge in [0.15, 0.2) is 0 Å². The van der Waals surface area contributed by atoms with Gasteiger partial charge in [-0.3, -0.25) is 0 Å². The average Bonchev–Trinajstić information content (AvgIpc) is 2.32. The van der Waals surface area contributed by atoms with Gasteiger partial charge in [0.2, 0.25) is 0 Å². The largest absolute Gasteiger partial charge is 0.444 e. The smallest absolute Gasteiger partial charge is 0.410 e. The van der Waals surface area contributed by atoms with Gasteiger partial charge in [-0.1, -0.05) is 34.5 Å². The minimum atomic E-state index is -0.449. The first-order valence-corrected chi connectivity index (χ1v) is 8.21. The Labute approximate surface area is 135 Å². The molecule has 1 aromatic rings. The van der Waals surface area contributed by atoms with Crippen molar-refractivity contribution in [3.63, 3.8) is 0 Å². The molecule has 0 saturated heterocycles. The third kappa shape index (κ3) is 4.00. The number of hydrogen-bond acceptors (Lipinski definition) is 2. The quantitative estimate of drug-likeness (QED) is 0.785. The van der Waals surface area contributed by atoms with E-state index in [9.17, 15) is 4.79 Å². The molecule has 1 fully saturated rings. The van der Waals surface area contributed by atoms with E-state index in [0.29, 0.717) is 6.54 Å². The molecule has 0 atom stereocenters. The Bertz CT molecular complexity index is 501. The van der Waals surface area contributed by atoms with Gasteiger partial charge in [-0.2, -0.15) is 0 Å². The number of ether oxygens (including phenoxy) is 1. The van der Waals surface area contributed by atoms with Crippen LogP contribution in [-0.4, -0.2) is 30.2 Å². The fourth-order valence-corrected chi connectivity index (χ4v) is 3.07. The molecule has 0 unspecified atom stereocenters. The van der Waals surface area contributed by atoms with Crippen LogP contribution in [-0.2, 0) is 10.2 Å². The average molecular weight is 354 g/mol. The number of benzene rings is 1. The molecule has 116 valence electrons. The Balaban J connectivity index is 2.08. The minimum Gasteiger partial charge on any atom is -0.444 e. The van der Waals surface area contributed by atoms with E-state index in [1.165, 1.54) is 12.0 Å². The van der Waals surface area contributed by atoms with Gasteiger partial charge in [-0.15, -0.1) is 0 Å². The molecule has 2 rings (SSSR count). The maximum Gasteiger partial charge on any atom is 0.410 e. The fourth-order valence-electron chi connectivity index (χ4n) is 2.80. The van der Waals surface area contributed by atoms with Gasteiger partial charge in [0.1, 0.15) is 5.60 Å². The van der Waals surface area contributed by atoms with Crippen LogP contribution in [0.25, 0.3) is 0 Å². The molecule has 1 saturated carbocycles. The second-order valence-corrected chi connectivity index (χ2v) is 7.89. The van der Waals surface area contributed by atoms with Gasteiger partial charge in [-0.25, -0.2) is 4.79 Å². The van der Waals surface area contributed by atoms with Gasteiger partial charge < -0.3 is 9.64 Å². The number of nitrogens with zero attached hydrogens (tertiary/aromatic N) is 1. The summed E-state index contributed by atoms with van der Waals surface area (Å²) in [7, 11) is 1.83. The molecule has 1 aliphatic rings. The molecule has 1 aromatic carbocycles. The molecule has 1 amide bonds. The number of likely N-dealkylation sites (N-methyl/N-ethyl adjacent to an activating group) is 1. The van der Waals surface area contributed by atoms with Gasteiger partial charge in [-0.05, 0) is 51.3 Å². The Morgan fingerprint density at radius 3 is 2.29 bits per heavy atom. The molecule has 3 nitrogen and oxygen atoms in total. The summed E-state index contributed by atoms with van der Waals surface area (Å²) in [6.07, 6.45) is 3.23. The molecule has 0 radical (unpaired) electrons. The topological polar surface area (TPSA) is 29.5 Å². The maximum absolute atomic E-state index is 12.2. The number of halogens is 1. The zero-order valence-corrected chi connectivity index (χ0v) is 14.9. The van der Waals surface area contributed by atoms with E-state index in [-0.39, 0.29) is 11.5 Å². The van der Waals surface area contributed by atoms with Crippen molar-refractivity contribution in [3.8, 4) is 0 Å². The maximum atomic E-state index is 12.2. The second-order valence-electron chi connectivity index (χ2n) is 6.98. The standard InChI is InChI=1S/C17H24BrNO2/c1-16(2,3)21-15(20)19(4)12-17(10-5-11-17)13-6-8-14(18)9-7-13/h6-9H,5,10-12H2,1-4H3. The first-order chi connectivity index (χ1) is 9.72. The summed E-state index contributed by atoms with van der Waals surface area (Å²) >= 11 is 3.47. The molecular formula is C17H24BrNO2. The SMILES string of the molecule is CN(CC1(c2ccc(Br)cc2)CCC1)C(=O)OC(C)(C)C. The van der Waals surface area contributed by atoms with E-state index < -0.39 is 5.60 Å². The van der Waals surface area contributed by atoms with Crippen molar-refractivity contribution in [2.24, 2.45) is 0 Å². The highest BCUT2D eigenvalue weighted by Crippen LogP contribution is 2.44.